The highest BCUT2D eigenvalue weighted by Gasteiger charge is 2.31. The Morgan fingerprint density at radius 3 is 0.566 bits per heavy atom. The van der Waals surface area contributed by atoms with E-state index in [1.54, 1.807) is 0 Å². The molecule has 12 aromatic carbocycles. The van der Waals surface area contributed by atoms with Gasteiger partial charge in [0, 0.05) is 0 Å². The maximum atomic E-state index is 2.30. The first-order valence-electron chi connectivity index (χ1n) is 28.4. The quantitative estimate of drug-likeness (QED) is 0.101. The van der Waals surface area contributed by atoms with E-state index in [2.05, 4.69) is 380 Å². The second-order valence-electron chi connectivity index (χ2n) is 20.6. The summed E-state index contributed by atoms with van der Waals surface area (Å²) in [6.07, 6.45) is 1.09. The van der Waals surface area contributed by atoms with Gasteiger partial charge in [-0.3, -0.25) is 0 Å². The van der Waals surface area contributed by atoms with E-state index in [1.807, 2.05) is 0 Å². The molecule has 83 heavy (non-hydrogen) atoms. The van der Waals surface area contributed by atoms with Crippen molar-refractivity contribution in [2.24, 2.45) is 0 Å². The summed E-state index contributed by atoms with van der Waals surface area (Å²) in [5.74, 6) is 0. The van der Waals surface area contributed by atoms with E-state index in [0.29, 0.717) is 0 Å². The van der Waals surface area contributed by atoms with Crippen LogP contribution in [0, 0.1) is 6.92 Å². The van der Waals surface area contributed by atoms with E-state index in [-0.39, 0.29) is 49.0 Å². The second kappa shape index (κ2) is 30.9. The van der Waals surface area contributed by atoms with Crippen molar-refractivity contribution in [1.29, 1.82) is 0 Å². The Morgan fingerprint density at radius 1 is 0.217 bits per heavy atom. The molecule has 0 saturated carbocycles. The molecule has 0 unspecified atom stereocenters. The summed E-state index contributed by atoms with van der Waals surface area (Å²) < 4.78 is 0. The fraction of sp³-hybridized carbons (Fsp3) is 0.0886. The second-order valence-corrected chi connectivity index (χ2v) is 28.7. The van der Waals surface area contributed by atoms with Gasteiger partial charge in [0.2, 0.25) is 0 Å². The van der Waals surface area contributed by atoms with Crippen molar-refractivity contribution < 1.29 is 0 Å². The smallest absolute Gasteiger partial charge is 0.0619 e. The molecule has 12 aromatic rings. The van der Waals surface area contributed by atoms with E-state index in [9.17, 15) is 0 Å². The minimum absolute atomic E-state index is 0.0146. The average molecular weight is 1150 g/mol. The first kappa shape index (κ1) is 59.7. The van der Waals surface area contributed by atoms with E-state index in [0.717, 1.165) is 6.42 Å². The predicted octanol–water partition coefficient (Wildman–Crippen LogP) is 21.3. The van der Waals surface area contributed by atoms with Crippen LogP contribution in [0.1, 0.15) is 44.4 Å². The fourth-order valence-electron chi connectivity index (χ4n) is 9.27. The van der Waals surface area contributed by atoms with Gasteiger partial charge in [-0.05, 0) is 175 Å². The summed E-state index contributed by atoms with van der Waals surface area (Å²) in [7, 11) is -0.112. The number of rotatable bonds is 13. The van der Waals surface area contributed by atoms with Crippen LogP contribution >= 0.6 is 0 Å². The number of hydrogen-bond donors (Lipinski definition) is 0. The van der Waals surface area contributed by atoms with Gasteiger partial charge in [0.15, 0.2) is 58.7 Å². The summed E-state index contributed by atoms with van der Waals surface area (Å²) in [4.78, 5) is 16.4. The summed E-state index contributed by atoms with van der Waals surface area (Å²) >= 11 is 0. The predicted molar refractivity (Wildman–Crippen MR) is 359 cm³/mol. The molecule has 0 nitrogen and oxygen atoms in total. The largest absolute Gasteiger partial charge is 0.166 e. The van der Waals surface area contributed by atoms with Crippen LogP contribution in [0.4, 0.5) is 0 Å². The van der Waals surface area contributed by atoms with Gasteiger partial charge in [-0.1, -0.05) is 233 Å². The summed E-state index contributed by atoms with van der Waals surface area (Å²) in [5, 5.41) is 0. The van der Waals surface area contributed by atoms with Crippen LogP contribution in [0.2, 0.25) is 0 Å². The van der Waals surface area contributed by atoms with Crippen molar-refractivity contribution in [1.82, 2.24) is 0 Å². The van der Waals surface area contributed by atoms with Gasteiger partial charge in [-0.2, -0.15) is 0 Å². The fourth-order valence-corrected chi connectivity index (χ4v) is 17.6. The van der Waals surface area contributed by atoms with E-state index >= 15 is 0 Å². The molecule has 0 heterocycles. The third kappa shape index (κ3) is 17.1. The van der Waals surface area contributed by atoms with Crippen molar-refractivity contribution in [3.05, 3.63) is 362 Å². The molecule has 0 saturated heterocycles. The SMILES string of the molecule is CC(C)(C)c1ccc([S+](c2ccccc2)c2ccccc2)cc1.CCc1ccc([S+](c2ccccc2)c2ccccc2)cc1.Cc1ccc([S+](c2ccccc2)c2ccccc2)cc1.c1ccc([S+](c2ccccc2)c2ccccc2)cc1. The summed E-state index contributed by atoms with van der Waals surface area (Å²) in [5.41, 5.74) is 4.27. The molecule has 0 aliphatic rings. The first-order chi connectivity index (χ1) is 40.7. The van der Waals surface area contributed by atoms with Crippen LogP contribution in [0.3, 0.4) is 0 Å². The standard InChI is InChI=1S/C22H23S.C20H19S.C19H17S.C18H15S/c1-22(2,3)18-14-16-21(17-15-18)23(19-10-6-4-7-11-19)20-12-8-5-9-13-20;1-2-17-13-15-20(16-14-17)21(18-9-5-3-6-10-18)19-11-7-4-8-12-19;1-16-12-14-19(15-13-16)20(17-8-4-2-5-9-17)18-10-6-3-7-11-18;1-4-10-16(11-5-1)19(17-12-6-2-7-13-17)18-14-8-3-9-15-18/h4-17H,1-3H3;3-16H,2H2,1H3;2-15H,1H3;1-15H/q4*+1. The van der Waals surface area contributed by atoms with Gasteiger partial charge in [0.1, 0.15) is 0 Å². The zero-order chi connectivity index (χ0) is 57.5. The molecule has 0 aliphatic carbocycles. The third-order valence-corrected chi connectivity index (χ3v) is 22.5. The molecule has 0 amide bonds. The molecule has 4 heteroatoms. The molecular weight excluding hydrogens is 1080 g/mol. The minimum atomic E-state index is -0.0497. The van der Waals surface area contributed by atoms with Gasteiger partial charge in [0.25, 0.3) is 0 Å². The molecule has 0 aliphatic heterocycles. The van der Waals surface area contributed by atoms with Crippen molar-refractivity contribution in [3.8, 4) is 0 Å². The maximum Gasteiger partial charge on any atom is 0.166 e. The van der Waals surface area contributed by atoms with E-state index in [4.69, 9.17) is 0 Å². The molecule has 0 fully saturated rings. The minimum Gasteiger partial charge on any atom is -0.0619 e. The Morgan fingerprint density at radius 2 is 0.386 bits per heavy atom. The van der Waals surface area contributed by atoms with Crippen molar-refractivity contribution in [2.45, 2.75) is 105 Å². The Bertz CT molecular complexity index is 3480. The molecule has 0 N–H and O–H groups in total. The average Bonchev–Trinajstić information content (AvgIpc) is 3.60. The topological polar surface area (TPSA) is 0 Å². The van der Waals surface area contributed by atoms with Gasteiger partial charge >= 0.3 is 0 Å². The van der Waals surface area contributed by atoms with Gasteiger partial charge in [-0.15, -0.1) is 0 Å². The van der Waals surface area contributed by atoms with Gasteiger partial charge in [-0.25, -0.2) is 0 Å². The zero-order valence-corrected chi connectivity index (χ0v) is 51.5. The molecular formula is C79H74S4+4. The van der Waals surface area contributed by atoms with E-state index < -0.39 is 0 Å². The van der Waals surface area contributed by atoms with Gasteiger partial charge in [0.05, 0.1) is 43.6 Å². The lowest BCUT2D eigenvalue weighted by atomic mass is 9.87. The van der Waals surface area contributed by atoms with Crippen LogP contribution in [0.5, 0.6) is 0 Å². The highest BCUT2D eigenvalue weighted by Crippen LogP contribution is 2.35. The zero-order valence-electron chi connectivity index (χ0n) is 48.2. The summed E-state index contributed by atoms with van der Waals surface area (Å²) in [6.45, 7) is 11.1. The Labute approximate surface area is 507 Å². The lowest BCUT2D eigenvalue weighted by molar-refractivity contribution is 0.589. The number of hydrogen-bond acceptors (Lipinski definition) is 0. The molecule has 410 valence electrons. The lowest BCUT2D eigenvalue weighted by Gasteiger charge is -2.19. The highest BCUT2D eigenvalue weighted by molar-refractivity contribution is 7.98. The van der Waals surface area contributed by atoms with Crippen LogP contribution in [-0.2, 0) is 55.4 Å². The normalized spacial score (nSPS) is 11.0. The molecule has 0 spiro atoms. The van der Waals surface area contributed by atoms with Crippen molar-refractivity contribution >= 4 is 43.6 Å². The molecule has 0 atom stereocenters. The van der Waals surface area contributed by atoms with Crippen molar-refractivity contribution in [2.75, 3.05) is 0 Å². The third-order valence-electron chi connectivity index (χ3n) is 13.6. The number of benzene rings is 12. The Balaban J connectivity index is 0.000000133. The lowest BCUT2D eigenvalue weighted by Crippen LogP contribution is -2.11. The van der Waals surface area contributed by atoms with Crippen molar-refractivity contribution in [3.63, 3.8) is 0 Å². The molecule has 0 aromatic heterocycles. The Hall–Kier alpha value is -7.96. The molecule has 0 bridgehead atoms. The van der Waals surface area contributed by atoms with Crippen LogP contribution < -0.4 is 0 Å². The molecule has 0 radical (unpaired) electrons. The first-order valence-corrected chi connectivity index (χ1v) is 33.3. The maximum absolute atomic E-state index is 2.30. The van der Waals surface area contributed by atoms with Crippen LogP contribution in [-0.4, -0.2) is 0 Å². The Kier molecular flexibility index (Phi) is 22.2. The number of aryl methyl sites for hydroxylation is 2. The molecule has 12 rings (SSSR count). The van der Waals surface area contributed by atoms with Crippen LogP contribution in [0.25, 0.3) is 0 Å². The van der Waals surface area contributed by atoms with E-state index in [1.165, 1.54) is 75.4 Å². The van der Waals surface area contributed by atoms with Crippen LogP contribution in [0.15, 0.2) is 405 Å². The monoisotopic (exact) mass is 1150 g/mol. The van der Waals surface area contributed by atoms with Gasteiger partial charge < -0.3 is 0 Å². The summed E-state index contributed by atoms with van der Waals surface area (Å²) in [6, 6.07) is 124. The highest BCUT2D eigenvalue weighted by atomic mass is 32.2.